The third-order valence-electron chi connectivity index (χ3n) is 4.73. The average molecular weight is 325 g/mol. The van der Waals surface area contributed by atoms with Crippen LogP contribution in [-0.4, -0.2) is 24.0 Å². The van der Waals surface area contributed by atoms with Crippen LogP contribution in [0.4, 0.5) is 0 Å². The van der Waals surface area contributed by atoms with E-state index in [1.165, 1.54) is 23.5 Å². The highest BCUT2D eigenvalue weighted by Gasteiger charge is 2.19. The molecule has 4 nitrogen and oxygen atoms in total. The van der Waals surface area contributed by atoms with Crippen LogP contribution in [0.15, 0.2) is 42.5 Å². The minimum absolute atomic E-state index is 0.00864. The summed E-state index contributed by atoms with van der Waals surface area (Å²) in [5, 5.41) is 22.8. The lowest BCUT2D eigenvalue weighted by molar-refractivity contribution is -0.918. The van der Waals surface area contributed by atoms with E-state index in [1.54, 1.807) is 0 Å². The molecular formula is C20H23NO3. The molecule has 24 heavy (non-hydrogen) atoms. The number of quaternary nitrogens is 1. The summed E-state index contributed by atoms with van der Waals surface area (Å²) in [5.41, 5.74) is 1.45. The number of rotatable bonds is 5. The van der Waals surface area contributed by atoms with Crippen LogP contribution in [0.3, 0.4) is 0 Å². The van der Waals surface area contributed by atoms with E-state index in [4.69, 9.17) is 0 Å². The van der Waals surface area contributed by atoms with Crippen LogP contribution in [0.5, 0.6) is 11.5 Å². The first-order valence-corrected chi connectivity index (χ1v) is 8.57. The molecule has 0 atom stereocenters. The lowest BCUT2D eigenvalue weighted by Crippen LogP contribution is -3.11. The van der Waals surface area contributed by atoms with Crippen molar-refractivity contribution in [2.24, 2.45) is 0 Å². The number of phenolic OH excluding ortho intramolecular Hbond substituents is 1. The molecule has 0 saturated carbocycles. The van der Waals surface area contributed by atoms with Crippen molar-refractivity contribution in [2.75, 3.05) is 13.1 Å². The molecule has 1 fully saturated rings. The fourth-order valence-electron chi connectivity index (χ4n) is 3.36. The number of piperidine rings is 1. The van der Waals surface area contributed by atoms with Crippen molar-refractivity contribution in [1.29, 1.82) is 0 Å². The van der Waals surface area contributed by atoms with E-state index in [0.717, 1.165) is 31.5 Å². The maximum Gasteiger partial charge on any atom is 0.166 e. The molecule has 0 radical (unpaired) electrons. The van der Waals surface area contributed by atoms with Crippen molar-refractivity contribution in [3.8, 4) is 11.5 Å². The number of carbonyl (C=O) groups excluding carboxylic acids is 1. The summed E-state index contributed by atoms with van der Waals surface area (Å²) in [4.78, 5) is 13.8. The van der Waals surface area contributed by atoms with Crippen molar-refractivity contribution in [1.82, 2.24) is 0 Å². The van der Waals surface area contributed by atoms with Gasteiger partial charge < -0.3 is 15.1 Å². The largest absolute Gasteiger partial charge is 0.872 e. The molecule has 2 N–H and O–H groups in total. The number of aromatic hydroxyl groups is 1. The summed E-state index contributed by atoms with van der Waals surface area (Å²) in [6.45, 7) is 2.53. The number of nitrogens with one attached hydrogen (secondary N) is 1. The Bertz CT molecular complexity index is 706. The van der Waals surface area contributed by atoms with Gasteiger partial charge in [0.25, 0.3) is 0 Å². The minimum Gasteiger partial charge on any atom is -0.872 e. The summed E-state index contributed by atoms with van der Waals surface area (Å²) in [6, 6.07) is 12.3. The van der Waals surface area contributed by atoms with Gasteiger partial charge in [0, 0.05) is 17.5 Å². The van der Waals surface area contributed by atoms with Crippen LogP contribution in [0.2, 0.25) is 0 Å². The van der Waals surface area contributed by atoms with Gasteiger partial charge in [-0.25, -0.2) is 0 Å². The number of phenols is 1. The van der Waals surface area contributed by atoms with Gasteiger partial charge in [-0.2, -0.15) is 0 Å². The molecule has 0 bridgehead atoms. The molecule has 3 rings (SSSR count). The monoisotopic (exact) mass is 325 g/mol. The van der Waals surface area contributed by atoms with E-state index in [-0.39, 0.29) is 29.3 Å². The summed E-state index contributed by atoms with van der Waals surface area (Å²) in [7, 11) is 0. The summed E-state index contributed by atoms with van der Waals surface area (Å²) in [5.74, 6) is -0.496. The maximum absolute atomic E-state index is 12.7. The van der Waals surface area contributed by atoms with Crippen molar-refractivity contribution in [3.63, 3.8) is 0 Å². The lowest BCUT2D eigenvalue weighted by atomic mass is 9.98. The molecule has 0 aromatic heterocycles. The van der Waals surface area contributed by atoms with Crippen LogP contribution in [0.25, 0.3) is 0 Å². The first-order valence-electron chi connectivity index (χ1n) is 8.57. The Morgan fingerprint density at radius 2 is 1.75 bits per heavy atom. The fourth-order valence-corrected chi connectivity index (χ4v) is 3.36. The van der Waals surface area contributed by atoms with Crippen LogP contribution in [0, 0.1) is 0 Å². The Morgan fingerprint density at radius 3 is 2.46 bits per heavy atom. The Morgan fingerprint density at radius 1 is 1.04 bits per heavy atom. The SMILES string of the molecule is O=C(Cc1ccccc1)c1ccc(O)c(C[NH+]2CCCCC2)c1[O-]. The zero-order valence-electron chi connectivity index (χ0n) is 13.8. The Labute approximate surface area is 142 Å². The van der Waals surface area contributed by atoms with Crippen molar-refractivity contribution < 1.29 is 19.9 Å². The maximum atomic E-state index is 12.7. The Balaban J connectivity index is 1.81. The number of benzene rings is 2. The van der Waals surface area contributed by atoms with Crippen LogP contribution >= 0.6 is 0 Å². The molecule has 0 spiro atoms. The van der Waals surface area contributed by atoms with Crippen molar-refractivity contribution in [3.05, 3.63) is 59.2 Å². The van der Waals surface area contributed by atoms with Gasteiger partial charge in [-0.05, 0) is 37.0 Å². The summed E-state index contributed by atoms with van der Waals surface area (Å²) >= 11 is 0. The standard InChI is InChI=1S/C20H23NO3/c22-18-10-9-16(19(23)13-15-7-3-1-4-8-15)20(24)17(18)14-21-11-5-2-6-12-21/h1,3-4,7-10,22,24H,2,5-6,11-14H2. The third kappa shape index (κ3) is 3.77. The number of Topliss-reactive ketones (excluding diaryl/α,β-unsaturated/α-hetero) is 1. The molecule has 1 aliphatic rings. The van der Waals surface area contributed by atoms with Crippen molar-refractivity contribution >= 4 is 5.78 Å². The molecule has 4 heteroatoms. The van der Waals surface area contributed by atoms with E-state index in [2.05, 4.69) is 0 Å². The molecule has 0 aliphatic carbocycles. The van der Waals surface area contributed by atoms with Gasteiger partial charge in [0.05, 0.1) is 13.1 Å². The Kier molecular flexibility index (Phi) is 5.16. The molecule has 2 aromatic rings. The van der Waals surface area contributed by atoms with Crippen LogP contribution in [-0.2, 0) is 13.0 Å². The minimum atomic E-state index is -0.311. The van der Waals surface area contributed by atoms with E-state index in [9.17, 15) is 15.0 Å². The van der Waals surface area contributed by atoms with Gasteiger partial charge >= 0.3 is 0 Å². The van der Waals surface area contributed by atoms with Crippen LogP contribution in [0.1, 0.15) is 40.7 Å². The molecule has 0 unspecified atom stereocenters. The number of ketones is 1. The van der Waals surface area contributed by atoms with E-state index in [0.29, 0.717) is 12.1 Å². The second-order valence-electron chi connectivity index (χ2n) is 6.51. The van der Waals surface area contributed by atoms with Gasteiger partial charge in [-0.1, -0.05) is 36.1 Å². The van der Waals surface area contributed by atoms with Gasteiger partial charge in [-0.15, -0.1) is 0 Å². The first kappa shape index (κ1) is 16.5. The molecule has 1 aliphatic heterocycles. The summed E-state index contributed by atoms with van der Waals surface area (Å²) in [6.07, 6.45) is 3.74. The lowest BCUT2D eigenvalue weighted by Gasteiger charge is -2.27. The van der Waals surface area contributed by atoms with Crippen LogP contribution < -0.4 is 10.0 Å². The predicted molar refractivity (Wildman–Crippen MR) is 90.3 cm³/mol. The quantitative estimate of drug-likeness (QED) is 0.818. The molecule has 126 valence electrons. The van der Waals surface area contributed by atoms with E-state index >= 15 is 0 Å². The van der Waals surface area contributed by atoms with Gasteiger partial charge in [0.1, 0.15) is 12.3 Å². The normalized spacial score (nSPS) is 15.3. The number of hydrogen-bond donors (Lipinski definition) is 2. The second kappa shape index (κ2) is 7.49. The first-order chi connectivity index (χ1) is 11.6. The van der Waals surface area contributed by atoms with E-state index in [1.807, 2.05) is 30.3 Å². The zero-order chi connectivity index (χ0) is 16.9. The smallest absolute Gasteiger partial charge is 0.166 e. The number of hydrogen-bond acceptors (Lipinski definition) is 3. The zero-order valence-corrected chi connectivity index (χ0v) is 13.8. The number of likely N-dealkylation sites (tertiary alicyclic amines) is 1. The van der Waals surface area contributed by atoms with Gasteiger partial charge in [0.15, 0.2) is 5.78 Å². The van der Waals surface area contributed by atoms with Crippen molar-refractivity contribution in [2.45, 2.75) is 32.2 Å². The third-order valence-corrected chi connectivity index (χ3v) is 4.73. The van der Waals surface area contributed by atoms with Gasteiger partial charge in [-0.3, -0.25) is 4.79 Å². The highest BCUT2D eigenvalue weighted by Crippen LogP contribution is 2.28. The fraction of sp³-hybridized carbons (Fsp3) is 0.350. The Hall–Kier alpha value is -2.33. The molecule has 1 saturated heterocycles. The number of carbonyl (C=O) groups is 1. The van der Waals surface area contributed by atoms with E-state index < -0.39 is 0 Å². The molecule has 2 aromatic carbocycles. The summed E-state index contributed by atoms with van der Waals surface area (Å²) < 4.78 is 0. The molecular weight excluding hydrogens is 302 g/mol. The average Bonchev–Trinajstić information content (AvgIpc) is 2.60. The predicted octanol–water partition coefficient (Wildman–Crippen LogP) is 1.46. The highest BCUT2D eigenvalue weighted by molar-refractivity contribution is 6.00. The molecule has 1 heterocycles. The van der Waals surface area contributed by atoms with Gasteiger partial charge in [0.2, 0.25) is 0 Å². The second-order valence-corrected chi connectivity index (χ2v) is 6.51. The topological polar surface area (TPSA) is 64.8 Å². The molecule has 0 amide bonds. The highest BCUT2D eigenvalue weighted by atomic mass is 16.3.